The van der Waals surface area contributed by atoms with E-state index in [1.54, 1.807) is 44.4 Å². The molecule has 0 spiro atoms. The summed E-state index contributed by atoms with van der Waals surface area (Å²) in [4.78, 5) is 26.0. The van der Waals surface area contributed by atoms with Gasteiger partial charge in [-0.05, 0) is 34.1 Å². The largest absolute Gasteiger partial charge is 0.444 e. The highest BCUT2D eigenvalue weighted by Crippen LogP contribution is 2.24. The molecule has 1 atom stereocenters. The number of esters is 1. The van der Waals surface area contributed by atoms with Gasteiger partial charge in [-0.1, -0.05) is 30.3 Å². The van der Waals surface area contributed by atoms with Gasteiger partial charge in [0.2, 0.25) is 6.10 Å². The highest BCUT2D eigenvalue weighted by Gasteiger charge is 2.27. The lowest BCUT2D eigenvalue weighted by Gasteiger charge is -2.21. The minimum Gasteiger partial charge on any atom is -0.444 e. The third-order valence-corrected chi connectivity index (χ3v) is 3.83. The Morgan fingerprint density at radius 2 is 1.78 bits per heavy atom. The maximum Gasteiger partial charge on any atom is 0.340 e. The number of carbonyl (C=O) groups is 2. The smallest absolute Gasteiger partial charge is 0.340 e. The molecule has 0 unspecified atom stereocenters. The summed E-state index contributed by atoms with van der Waals surface area (Å²) >= 11 is 3.18. The van der Waals surface area contributed by atoms with Gasteiger partial charge in [-0.25, -0.2) is 9.18 Å². The van der Waals surface area contributed by atoms with Crippen molar-refractivity contribution in [3.8, 4) is 0 Å². The first-order chi connectivity index (χ1) is 10.9. The van der Waals surface area contributed by atoms with E-state index in [9.17, 15) is 14.0 Å². The number of rotatable bonds is 4. The summed E-state index contributed by atoms with van der Waals surface area (Å²) in [6.07, 6.45) is -1.09. The van der Waals surface area contributed by atoms with E-state index in [1.807, 2.05) is 0 Å². The average molecular weight is 380 g/mol. The first-order valence-corrected chi connectivity index (χ1v) is 7.61. The standard InChI is InChI=1S/C17H15BrFNO3/c1-20(2)16(21)15(11-6-4-3-5-7-11)23-17(22)13-10-12(19)8-9-14(13)18/h3-10,15H,1-2H3/t15-/m0/s1. The molecule has 2 aromatic rings. The Morgan fingerprint density at radius 3 is 2.39 bits per heavy atom. The molecule has 0 aliphatic carbocycles. The summed E-state index contributed by atoms with van der Waals surface area (Å²) in [6, 6.07) is 12.4. The molecule has 1 amide bonds. The summed E-state index contributed by atoms with van der Waals surface area (Å²) < 4.78 is 19.1. The van der Waals surface area contributed by atoms with E-state index in [0.717, 1.165) is 6.07 Å². The number of hydrogen-bond acceptors (Lipinski definition) is 3. The normalized spacial score (nSPS) is 11.7. The number of ether oxygens (including phenoxy) is 1. The van der Waals surface area contributed by atoms with Crippen LogP contribution in [-0.2, 0) is 9.53 Å². The van der Waals surface area contributed by atoms with E-state index < -0.39 is 17.9 Å². The second-order valence-electron chi connectivity index (χ2n) is 5.05. The lowest BCUT2D eigenvalue weighted by atomic mass is 10.1. The van der Waals surface area contributed by atoms with Crippen LogP contribution in [-0.4, -0.2) is 30.9 Å². The van der Waals surface area contributed by atoms with E-state index in [0.29, 0.717) is 10.0 Å². The molecule has 6 heteroatoms. The highest BCUT2D eigenvalue weighted by atomic mass is 79.9. The second-order valence-corrected chi connectivity index (χ2v) is 5.91. The Hall–Kier alpha value is -2.21. The van der Waals surface area contributed by atoms with Crippen molar-refractivity contribution in [2.45, 2.75) is 6.10 Å². The Bertz CT molecular complexity index is 719. The fraction of sp³-hybridized carbons (Fsp3) is 0.176. The average Bonchev–Trinajstić information content (AvgIpc) is 2.54. The van der Waals surface area contributed by atoms with Gasteiger partial charge in [0.1, 0.15) is 5.82 Å². The Balaban J connectivity index is 2.32. The van der Waals surface area contributed by atoms with Crippen LogP contribution < -0.4 is 0 Å². The van der Waals surface area contributed by atoms with Crippen molar-refractivity contribution >= 4 is 27.8 Å². The van der Waals surface area contributed by atoms with E-state index in [2.05, 4.69) is 15.9 Å². The van der Waals surface area contributed by atoms with Crippen molar-refractivity contribution in [2.24, 2.45) is 0 Å². The molecule has 0 saturated carbocycles. The van der Waals surface area contributed by atoms with E-state index >= 15 is 0 Å². The van der Waals surface area contributed by atoms with Gasteiger partial charge in [0.15, 0.2) is 0 Å². The molecule has 120 valence electrons. The van der Waals surface area contributed by atoms with E-state index in [4.69, 9.17) is 4.74 Å². The quantitative estimate of drug-likeness (QED) is 0.762. The predicted molar refractivity (Wildman–Crippen MR) is 87.4 cm³/mol. The van der Waals surface area contributed by atoms with Crippen LogP contribution in [0.2, 0.25) is 0 Å². The van der Waals surface area contributed by atoms with E-state index in [-0.39, 0.29) is 11.5 Å². The van der Waals surface area contributed by atoms with Gasteiger partial charge >= 0.3 is 5.97 Å². The van der Waals surface area contributed by atoms with Crippen LogP contribution in [0.25, 0.3) is 0 Å². The van der Waals surface area contributed by atoms with Crippen LogP contribution in [0.15, 0.2) is 53.0 Å². The molecule has 0 saturated heterocycles. The molecule has 0 fully saturated rings. The molecular weight excluding hydrogens is 365 g/mol. The molecule has 0 heterocycles. The Labute approximate surface area is 142 Å². The van der Waals surface area contributed by atoms with E-state index in [1.165, 1.54) is 17.0 Å². The summed E-state index contributed by atoms with van der Waals surface area (Å²) in [5.41, 5.74) is 0.574. The molecule has 0 aliphatic rings. The number of likely N-dealkylation sites (N-methyl/N-ethyl adjacent to an activating group) is 1. The number of amides is 1. The van der Waals surface area contributed by atoms with Crippen molar-refractivity contribution < 1.29 is 18.7 Å². The van der Waals surface area contributed by atoms with Crippen LogP contribution in [0.3, 0.4) is 0 Å². The third kappa shape index (κ3) is 4.16. The molecule has 2 aromatic carbocycles. The van der Waals surface area contributed by atoms with Gasteiger partial charge in [0.05, 0.1) is 5.56 Å². The molecular formula is C17H15BrFNO3. The van der Waals surface area contributed by atoms with Crippen molar-refractivity contribution in [2.75, 3.05) is 14.1 Å². The van der Waals surface area contributed by atoms with Crippen molar-refractivity contribution in [1.29, 1.82) is 0 Å². The Kier molecular flexibility index (Phi) is 5.50. The summed E-state index contributed by atoms with van der Waals surface area (Å²) in [7, 11) is 3.15. The summed E-state index contributed by atoms with van der Waals surface area (Å²) in [5, 5.41) is 0. The van der Waals surface area contributed by atoms with Crippen LogP contribution in [0.1, 0.15) is 22.0 Å². The zero-order valence-electron chi connectivity index (χ0n) is 12.6. The second kappa shape index (κ2) is 7.37. The van der Waals surface area contributed by atoms with Crippen LogP contribution in [0.5, 0.6) is 0 Å². The highest BCUT2D eigenvalue weighted by molar-refractivity contribution is 9.10. The van der Waals surface area contributed by atoms with Gasteiger partial charge in [-0.15, -0.1) is 0 Å². The number of carbonyl (C=O) groups excluding carboxylic acids is 2. The number of nitrogens with zero attached hydrogens (tertiary/aromatic N) is 1. The van der Waals surface area contributed by atoms with Crippen LogP contribution in [0, 0.1) is 5.82 Å². The fourth-order valence-electron chi connectivity index (χ4n) is 1.95. The first kappa shape index (κ1) is 17.1. The first-order valence-electron chi connectivity index (χ1n) is 6.82. The SMILES string of the molecule is CN(C)C(=O)[C@@H](OC(=O)c1cc(F)ccc1Br)c1ccccc1. The molecule has 0 bridgehead atoms. The number of hydrogen-bond donors (Lipinski definition) is 0. The topological polar surface area (TPSA) is 46.6 Å². The zero-order chi connectivity index (χ0) is 17.0. The van der Waals surface area contributed by atoms with Crippen LogP contribution >= 0.6 is 15.9 Å². The third-order valence-electron chi connectivity index (χ3n) is 3.14. The lowest BCUT2D eigenvalue weighted by molar-refractivity contribution is -0.138. The lowest BCUT2D eigenvalue weighted by Crippen LogP contribution is -2.31. The molecule has 0 N–H and O–H groups in total. The fourth-order valence-corrected chi connectivity index (χ4v) is 2.36. The molecule has 0 radical (unpaired) electrons. The molecule has 0 aliphatic heterocycles. The minimum absolute atomic E-state index is 0.0255. The molecule has 0 aromatic heterocycles. The Morgan fingerprint density at radius 1 is 1.13 bits per heavy atom. The maximum absolute atomic E-state index is 13.4. The van der Waals surface area contributed by atoms with Gasteiger partial charge in [0, 0.05) is 24.1 Å². The van der Waals surface area contributed by atoms with Crippen molar-refractivity contribution in [1.82, 2.24) is 4.90 Å². The zero-order valence-corrected chi connectivity index (χ0v) is 14.2. The van der Waals surface area contributed by atoms with Crippen LogP contribution in [0.4, 0.5) is 4.39 Å². The van der Waals surface area contributed by atoms with Gasteiger partial charge in [-0.3, -0.25) is 4.79 Å². The molecule has 4 nitrogen and oxygen atoms in total. The predicted octanol–water partition coefficient (Wildman–Crippen LogP) is 3.57. The van der Waals surface area contributed by atoms with Crippen molar-refractivity contribution in [3.63, 3.8) is 0 Å². The molecule has 2 rings (SSSR count). The summed E-state index contributed by atoms with van der Waals surface area (Å²) in [6.45, 7) is 0. The van der Waals surface area contributed by atoms with Gasteiger partial charge in [0.25, 0.3) is 5.91 Å². The number of benzene rings is 2. The van der Waals surface area contributed by atoms with Gasteiger partial charge in [-0.2, -0.15) is 0 Å². The monoisotopic (exact) mass is 379 g/mol. The number of halogens is 2. The maximum atomic E-state index is 13.4. The van der Waals surface area contributed by atoms with Gasteiger partial charge < -0.3 is 9.64 Å². The molecule has 23 heavy (non-hydrogen) atoms. The van der Waals surface area contributed by atoms with Crippen molar-refractivity contribution in [3.05, 3.63) is 69.9 Å². The minimum atomic E-state index is -1.09. The summed E-state index contributed by atoms with van der Waals surface area (Å²) in [5.74, 6) is -1.71.